The molecule has 0 N–H and O–H groups in total. The Labute approximate surface area is 144 Å². The maximum absolute atomic E-state index is 13.3. The Bertz CT molecular complexity index is 678. The molecule has 0 bridgehead atoms. The summed E-state index contributed by atoms with van der Waals surface area (Å²) in [6.07, 6.45) is 1.53. The van der Waals surface area contributed by atoms with Crippen LogP contribution in [0.1, 0.15) is 24.0 Å². The predicted molar refractivity (Wildman–Crippen MR) is 89.1 cm³/mol. The minimum absolute atomic E-state index is 0.00576. The van der Waals surface area contributed by atoms with E-state index in [1.807, 2.05) is 0 Å². The van der Waals surface area contributed by atoms with Crippen LogP contribution in [0.5, 0.6) is 0 Å². The van der Waals surface area contributed by atoms with Gasteiger partial charge in [-0.2, -0.15) is 0 Å². The van der Waals surface area contributed by atoms with Crippen LogP contribution in [0.15, 0.2) is 18.2 Å². The lowest BCUT2D eigenvalue weighted by molar-refractivity contribution is -0.131. The third kappa shape index (κ3) is 3.45. The highest BCUT2D eigenvalue weighted by Crippen LogP contribution is 2.26. The molecule has 1 aromatic rings. The van der Waals surface area contributed by atoms with E-state index < -0.39 is 0 Å². The van der Waals surface area contributed by atoms with E-state index in [1.165, 1.54) is 11.0 Å². The fourth-order valence-electron chi connectivity index (χ4n) is 3.17. The summed E-state index contributed by atoms with van der Waals surface area (Å²) in [5.41, 5.74) is 1.50. The van der Waals surface area contributed by atoms with Gasteiger partial charge in [-0.3, -0.25) is 19.3 Å². The summed E-state index contributed by atoms with van der Waals surface area (Å²) in [7, 11) is 0. The molecule has 0 aromatic heterocycles. The van der Waals surface area contributed by atoms with E-state index in [1.54, 1.807) is 24.0 Å². The summed E-state index contributed by atoms with van der Waals surface area (Å²) in [5, 5.41) is -0.207. The first-order chi connectivity index (χ1) is 11.5. The lowest BCUT2D eigenvalue weighted by Gasteiger charge is -2.22. The van der Waals surface area contributed by atoms with Crippen molar-refractivity contribution in [3.63, 3.8) is 0 Å². The van der Waals surface area contributed by atoms with Crippen molar-refractivity contribution >= 4 is 28.8 Å². The molecule has 128 valence electrons. The van der Waals surface area contributed by atoms with Gasteiger partial charge in [0.15, 0.2) is 0 Å². The molecule has 3 amide bonds. The Kier molecular flexibility index (Phi) is 4.89. The smallest absolute Gasteiger partial charge is 0.289 e. The van der Waals surface area contributed by atoms with Crippen molar-refractivity contribution in [2.75, 3.05) is 18.8 Å². The number of carbonyl (C=O) groups excluding carboxylic acids is 3. The lowest BCUT2D eigenvalue weighted by atomic mass is 10.1. The van der Waals surface area contributed by atoms with Crippen molar-refractivity contribution in [3.8, 4) is 0 Å². The summed E-state index contributed by atoms with van der Waals surface area (Å²) in [6, 6.07) is 4.68. The predicted octanol–water partition coefficient (Wildman–Crippen LogP) is 2.36. The van der Waals surface area contributed by atoms with Gasteiger partial charge < -0.3 is 4.90 Å². The lowest BCUT2D eigenvalue weighted by Crippen LogP contribution is -2.41. The maximum atomic E-state index is 13.3. The molecule has 24 heavy (non-hydrogen) atoms. The van der Waals surface area contributed by atoms with Crippen molar-refractivity contribution in [2.24, 2.45) is 0 Å². The molecular weight excluding hydrogens is 331 g/mol. The highest BCUT2D eigenvalue weighted by atomic mass is 32.2. The molecule has 0 radical (unpaired) electrons. The molecule has 0 saturated carbocycles. The standard InChI is InChI=1S/C17H19FN2O3S/c1-11-8-12(2-4-14(11)18)3-5-15(21)19-7-6-13(9-19)20-16(22)10-24-17(20)23/h2,4,8,13H,3,5-7,9-10H2,1H3. The van der Waals surface area contributed by atoms with E-state index in [-0.39, 0.29) is 34.7 Å². The van der Waals surface area contributed by atoms with Crippen LogP contribution in [0.4, 0.5) is 9.18 Å². The summed E-state index contributed by atoms with van der Waals surface area (Å²) in [4.78, 5) is 38.9. The number of halogens is 1. The molecule has 0 spiro atoms. The monoisotopic (exact) mass is 350 g/mol. The van der Waals surface area contributed by atoms with E-state index >= 15 is 0 Å². The number of hydrogen-bond donors (Lipinski definition) is 0. The van der Waals surface area contributed by atoms with Gasteiger partial charge in [-0.1, -0.05) is 23.9 Å². The van der Waals surface area contributed by atoms with Crippen LogP contribution in [0.3, 0.4) is 0 Å². The highest BCUT2D eigenvalue weighted by molar-refractivity contribution is 8.14. The van der Waals surface area contributed by atoms with Crippen LogP contribution >= 0.6 is 11.8 Å². The quantitative estimate of drug-likeness (QED) is 0.836. The van der Waals surface area contributed by atoms with E-state index in [9.17, 15) is 18.8 Å². The van der Waals surface area contributed by atoms with E-state index in [0.717, 1.165) is 17.3 Å². The van der Waals surface area contributed by atoms with Gasteiger partial charge in [0.05, 0.1) is 11.8 Å². The third-order valence-corrected chi connectivity index (χ3v) is 5.35. The Morgan fingerprint density at radius 1 is 1.38 bits per heavy atom. The summed E-state index contributed by atoms with van der Waals surface area (Å²) in [6.45, 7) is 2.68. The Hall–Kier alpha value is -1.89. The van der Waals surface area contributed by atoms with E-state index in [0.29, 0.717) is 37.9 Å². The van der Waals surface area contributed by atoms with Crippen LogP contribution in [0.25, 0.3) is 0 Å². The fourth-order valence-corrected chi connectivity index (χ4v) is 3.94. The van der Waals surface area contributed by atoms with Gasteiger partial charge in [0.25, 0.3) is 5.24 Å². The summed E-state index contributed by atoms with van der Waals surface area (Å²) >= 11 is 1.02. The number of aryl methyl sites for hydroxylation is 2. The molecule has 5 nitrogen and oxygen atoms in total. The zero-order valence-corrected chi connectivity index (χ0v) is 14.3. The van der Waals surface area contributed by atoms with E-state index in [4.69, 9.17) is 0 Å². The maximum Gasteiger partial charge on any atom is 0.289 e. The molecule has 2 heterocycles. The average molecular weight is 350 g/mol. The summed E-state index contributed by atoms with van der Waals surface area (Å²) in [5.74, 6) is -0.199. The largest absolute Gasteiger partial charge is 0.341 e. The van der Waals surface area contributed by atoms with Gasteiger partial charge in [0, 0.05) is 19.5 Å². The molecular formula is C17H19FN2O3S. The van der Waals surface area contributed by atoms with E-state index in [2.05, 4.69) is 0 Å². The van der Waals surface area contributed by atoms with Crippen molar-refractivity contribution in [1.82, 2.24) is 9.80 Å². The minimum Gasteiger partial charge on any atom is -0.341 e. The van der Waals surface area contributed by atoms with Crippen molar-refractivity contribution in [2.45, 2.75) is 32.2 Å². The number of likely N-dealkylation sites (tertiary alicyclic amines) is 1. The average Bonchev–Trinajstić information content (AvgIpc) is 3.15. The van der Waals surface area contributed by atoms with Gasteiger partial charge in [-0.15, -0.1) is 0 Å². The number of rotatable bonds is 4. The Morgan fingerprint density at radius 2 is 2.17 bits per heavy atom. The minimum atomic E-state index is -0.245. The SMILES string of the molecule is Cc1cc(CCC(=O)N2CCC(N3C(=O)CSC3=O)C2)ccc1F. The Morgan fingerprint density at radius 3 is 2.83 bits per heavy atom. The summed E-state index contributed by atoms with van der Waals surface area (Å²) < 4.78 is 13.3. The first-order valence-electron chi connectivity index (χ1n) is 7.97. The normalized spacial score (nSPS) is 21.0. The van der Waals surface area contributed by atoms with Crippen LogP contribution in [0.2, 0.25) is 0 Å². The molecule has 2 saturated heterocycles. The zero-order valence-electron chi connectivity index (χ0n) is 13.5. The van der Waals surface area contributed by atoms with Gasteiger partial charge in [0.2, 0.25) is 11.8 Å². The molecule has 2 aliphatic rings. The molecule has 1 atom stereocenters. The molecule has 2 fully saturated rings. The number of carbonyl (C=O) groups is 3. The van der Waals surface area contributed by atoms with Crippen LogP contribution < -0.4 is 0 Å². The van der Waals surface area contributed by atoms with Crippen molar-refractivity contribution in [1.29, 1.82) is 0 Å². The second-order valence-electron chi connectivity index (χ2n) is 6.18. The zero-order chi connectivity index (χ0) is 17.3. The topological polar surface area (TPSA) is 57.7 Å². The van der Waals surface area contributed by atoms with Gasteiger partial charge in [0.1, 0.15) is 5.82 Å². The molecule has 0 aliphatic carbocycles. The van der Waals surface area contributed by atoms with Crippen LogP contribution in [-0.2, 0) is 16.0 Å². The fraction of sp³-hybridized carbons (Fsp3) is 0.471. The molecule has 7 heteroatoms. The molecule has 1 unspecified atom stereocenters. The second kappa shape index (κ2) is 6.93. The first kappa shape index (κ1) is 17.0. The van der Waals surface area contributed by atoms with Crippen LogP contribution in [0, 0.1) is 12.7 Å². The number of nitrogens with zero attached hydrogens (tertiary/aromatic N) is 2. The third-order valence-electron chi connectivity index (χ3n) is 4.52. The van der Waals surface area contributed by atoms with Gasteiger partial charge in [-0.05, 0) is 37.0 Å². The number of thioether (sulfide) groups is 1. The van der Waals surface area contributed by atoms with Gasteiger partial charge >= 0.3 is 0 Å². The van der Waals surface area contributed by atoms with Gasteiger partial charge in [-0.25, -0.2) is 4.39 Å². The number of benzene rings is 1. The second-order valence-corrected chi connectivity index (χ2v) is 7.11. The number of hydrogen-bond acceptors (Lipinski definition) is 4. The van der Waals surface area contributed by atoms with Crippen molar-refractivity contribution in [3.05, 3.63) is 35.1 Å². The number of imide groups is 1. The molecule has 3 rings (SSSR count). The molecule has 2 aliphatic heterocycles. The first-order valence-corrected chi connectivity index (χ1v) is 8.96. The number of amides is 3. The Balaban J connectivity index is 1.54. The van der Waals surface area contributed by atoms with Crippen LogP contribution in [-0.4, -0.2) is 51.7 Å². The van der Waals surface area contributed by atoms with Crippen molar-refractivity contribution < 1.29 is 18.8 Å². The molecule has 1 aromatic carbocycles. The highest BCUT2D eigenvalue weighted by Gasteiger charge is 2.39.